The maximum absolute atomic E-state index is 9.77. The van der Waals surface area contributed by atoms with Crippen molar-refractivity contribution in [3.05, 3.63) is 59.8 Å². The highest BCUT2D eigenvalue weighted by atomic mass is 16.5. The van der Waals surface area contributed by atoms with E-state index < -0.39 is 0 Å². The van der Waals surface area contributed by atoms with E-state index in [1.54, 1.807) is 18.2 Å². The van der Waals surface area contributed by atoms with Crippen LogP contribution < -0.4 is 4.74 Å². The Labute approximate surface area is 124 Å². The number of hydrogen-bond donors (Lipinski definition) is 1. The summed E-state index contributed by atoms with van der Waals surface area (Å²) in [5.41, 5.74) is 3.66. The molecular formula is C18H19NO2. The molecule has 0 saturated carbocycles. The van der Waals surface area contributed by atoms with Gasteiger partial charge >= 0.3 is 0 Å². The summed E-state index contributed by atoms with van der Waals surface area (Å²) in [7, 11) is 0. The minimum atomic E-state index is 0.174. The van der Waals surface area contributed by atoms with Gasteiger partial charge in [-0.3, -0.25) is 0 Å². The molecule has 108 valence electrons. The quantitative estimate of drug-likeness (QED) is 0.775. The largest absolute Gasteiger partial charge is 0.504 e. The number of phenolic OH excluding ortho intramolecular Hbond substituents is 1. The molecule has 3 nitrogen and oxygen atoms in total. The Morgan fingerprint density at radius 1 is 1.10 bits per heavy atom. The molecule has 0 bridgehead atoms. The fraction of sp³-hybridized carbons (Fsp3) is 0.222. The van der Waals surface area contributed by atoms with Gasteiger partial charge in [-0.15, -0.1) is 0 Å². The molecule has 0 spiro atoms. The zero-order chi connectivity index (χ0) is 14.8. The standard InChI is InChI=1S/C18H19NO2/c1-3-19-11-14(15-8-6-7-13(2)18(15)19)12-21-17-10-5-4-9-16(17)20/h4-11,20H,3,12H2,1-2H3. The zero-order valence-corrected chi connectivity index (χ0v) is 12.3. The van der Waals surface area contributed by atoms with Gasteiger partial charge in [0.25, 0.3) is 0 Å². The van der Waals surface area contributed by atoms with Gasteiger partial charge in [0.1, 0.15) is 6.61 Å². The van der Waals surface area contributed by atoms with E-state index in [0.717, 1.165) is 12.1 Å². The molecule has 0 fully saturated rings. The predicted octanol–water partition coefficient (Wildman–Crippen LogP) is 4.25. The summed E-state index contributed by atoms with van der Waals surface area (Å²) < 4.78 is 8.01. The van der Waals surface area contributed by atoms with Crippen LogP contribution in [0.1, 0.15) is 18.1 Å². The molecule has 0 radical (unpaired) electrons. The number of fused-ring (bicyclic) bond motifs is 1. The van der Waals surface area contributed by atoms with E-state index in [1.807, 2.05) is 6.07 Å². The van der Waals surface area contributed by atoms with Crippen LogP contribution in [0.5, 0.6) is 11.5 Å². The molecule has 0 aliphatic carbocycles. The van der Waals surface area contributed by atoms with E-state index in [9.17, 15) is 5.11 Å². The predicted molar refractivity (Wildman–Crippen MR) is 84.8 cm³/mol. The van der Waals surface area contributed by atoms with E-state index in [1.165, 1.54) is 16.5 Å². The number of benzene rings is 2. The number of phenols is 1. The average molecular weight is 281 g/mol. The summed E-state index contributed by atoms with van der Waals surface area (Å²) >= 11 is 0. The van der Waals surface area contributed by atoms with E-state index in [-0.39, 0.29) is 5.75 Å². The second-order valence-corrected chi connectivity index (χ2v) is 5.17. The third-order valence-electron chi connectivity index (χ3n) is 3.77. The fourth-order valence-electron chi connectivity index (χ4n) is 2.72. The molecule has 3 heteroatoms. The van der Waals surface area contributed by atoms with Crippen LogP contribution in [0.2, 0.25) is 0 Å². The maximum Gasteiger partial charge on any atom is 0.161 e. The number of aromatic hydroxyl groups is 1. The highest BCUT2D eigenvalue weighted by Gasteiger charge is 2.10. The molecule has 0 amide bonds. The van der Waals surface area contributed by atoms with Crippen molar-refractivity contribution in [2.45, 2.75) is 27.0 Å². The van der Waals surface area contributed by atoms with Crippen molar-refractivity contribution in [1.29, 1.82) is 0 Å². The lowest BCUT2D eigenvalue weighted by atomic mass is 10.1. The van der Waals surface area contributed by atoms with Gasteiger partial charge in [0, 0.05) is 23.7 Å². The summed E-state index contributed by atoms with van der Waals surface area (Å²) in [6.45, 7) is 5.64. The van der Waals surface area contributed by atoms with Gasteiger partial charge in [-0.1, -0.05) is 30.3 Å². The van der Waals surface area contributed by atoms with Gasteiger partial charge in [-0.25, -0.2) is 0 Å². The number of aromatic nitrogens is 1. The van der Waals surface area contributed by atoms with Gasteiger partial charge in [-0.2, -0.15) is 0 Å². The SMILES string of the molecule is CCn1cc(COc2ccccc2O)c2cccc(C)c21. The first-order valence-corrected chi connectivity index (χ1v) is 7.19. The number of rotatable bonds is 4. The average Bonchev–Trinajstić information content (AvgIpc) is 2.86. The molecule has 0 saturated heterocycles. The fourth-order valence-corrected chi connectivity index (χ4v) is 2.72. The zero-order valence-electron chi connectivity index (χ0n) is 12.3. The summed E-state index contributed by atoms with van der Waals surface area (Å²) in [5, 5.41) is 11.0. The van der Waals surface area contributed by atoms with Gasteiger partial charge in [0.05, 0.1) is 5.52 Å². The molecule has 21 heavy (non-hydrogen) atoms. The van der Waals surface area contributed by atoms with Crippen LogP contribution in [-0.4, -0.2) is 9.67 Å². The van der Waals surface area contributed by atoms with Crippen LogP contribution >= 0.6 is 0 Å². The molecule has 1 aromatic heterocycles. The lowest BCUT2D eigenvalue weighted by molar-refractivity contribution is 0.290. The Morgan fingerprint density at radius 3 is 2.67 bits per heavy atom. The van der Waals surface area contributed by atoms with Gasteiger partial charge in [0.15, 0.2) is 11.5 Å². The summed E-state index contributed by atoms with van der Waals surface area (Å²) in [6.07, 6.45) is 2.14. The minimum Gasteiger partial charge on any atom is -0.504 e. The Bertz CT molecular complexity index is 774. The maximum atomic E-state index is 9.77. The lowest BCUT2D eigenvalue weighted by Crippen LogP contribution is -1.95. The normalized spacial score (nSPS) is 11.0. The molecular weight excluding hydrogens is 262 g/mol. The third kappa shape index (κ3) is 2.47. The summed E-state index contributed by atoms with van der Waals surface area (Å²) in [5.74, 6) is 0.690. The molecule has 3 rings (SSSR count). The van der Waals surface area contributed by atoms with Crippen LogP contribution in [0.15, 0.2) is 48.7 Å². The molecule has 1 N–H and O–H groups in total. The number of hydrogen-bond acceptors (Lipinski definition) is 2. The van der Waals surface area contributed by atoms with Crippen molar-refractivity contribution in [1.82, 2.24) is 4.57 Å². The molecule has 0 aliphatic rings. The number of para-hydroxylation sites is 3. The second-order valence-electron chi connectivity index (χ2n) is 5.17. The van der Waals surface area contributed by atoms with Crippen molar-refractivity contribution in [2.24, 2.45) is 0 Å². The number of ether oxygens (including phenoxy) is 1. The topological polar surface area (TPSA) is 34.4 Å². The van der Waals surface area contributed by atoms with Crippen LogP contribution in [0, 0.1) is 6.92 Å². The van der Waals surface area contributed by atoms with E-state index in [4.69, 9.17) is 4.74 Å². The first kappa shape index (κ1) is 13.6. The molecule has 3 aromatic rings. The first-order chi connectivity index (χ1) is 10.2. The Kier molecular flexibility index (Phi) is 3.57. The minimum absolute atomic E-state index is 0.174. The van der Waals surface area contributed by atoms with Gasteiger partial charge in [-0.05, 0) is 31.5 Å². The van der Waals surface area contributed by atoms with Crippen LogP contribution in [0.4, 0.5) is 0 Å². The summed E-state index contributed by atoms with van der Waals surface area (Å²) in [4.78, 5) is 0. The third-order valence-corrected chi connectivity index (χ3v) is 3.77. The molecule has 2 aromatic carbocycles. The monoisotopic (exact) mass is 281 g/mol. The van der Waals surface area contributed by atoms with Crippen LogP contribution in [0.25, 0.3) is 10.9 Å². The second kappa shape index (κ2) is 5.52. The van der Waals surface area contributed by atoms with Crippen molar-refractivity contribution in [2.75, 3.05) is 0 Å². The number of nitrogens with zero attached hydrogens (tertiary/aromatic N) is 1. The van der Waals surface area contributed by atoms with Crippen molar-refractivity contribution in [3.63, 3.8) is 0 Å². The Morgan fingerprint density at radius 2 is 1.90 bits per heavy atom. The van der Waals surface area contributed by atoms with Crippen LogP contribution in [0.3, 0.4) is 0 Å². The summed E-state index contributed by atoms with van der Waals surface area (Å²) in [6, 6.07) is 13.4. The molecule has 0 atom stereocenters. The lowest BCUT2D eigenvalue weighted by Gasteiger charge is -2.07. The van der Waals surface area contributed by atoms with Crippen molar-refractivity contribution < 1.29 is 9.84 Å². The Hall–Kier alpha value is -2.42. The highest BCUT2D eigenvalue weighted by molar-refractivity contribution is 5.86. The Balaban J connectivity index is 1.95. The smallest absolute Gasteiger partial charge is 0.161 e. The van der Waals surface area contributed by atoms with Crippen molar-refractivity contribution in [3.8, 4) is 11.5 Å². The van der Waals surface area contributed by atoms with E-state index in [2.05, 4.69) is 42.8 Å². The van der Waals surface area contributed by atoms with Crippen LogP contribution in [-0.2, 0) is 13.2 Å². The molecule has 0 aliphatic heterocycles. The van der Waals surface area contributed by atoms with E-state index in [0.29, 0.717) is 12.4 Å². The first-order valence-electron chi connectivity index (χ1n) is 7.19. The van der Waals surface area contributed by atoms with E-state index >= 15 is 0 Å². The molecule has 1 heterocycles. The highest BCUT2D eigenvalue weighted by Crippen LogP contribution is 2.28. The van der Waals surface area contributed by atoms with Crippen molar-refractivity contribution >= 4 is 10.9 Å². The number of aryl methyl sites for hydroxylation is 2. The molecule has 0 unspecified atom stereocenters. The van der Waals surface area contributed by atoms with Gasteiger partial charge < -0.3 is 14.4 Å². The van der Waals surface area contributed by atoms with Gasteiger partial charge in [0.2, 0.25) is 0 Å².